The lowest BCUT2D eigenvalue weighted by molar-refractivity contribution is 0.592. The largest absolute Gasteiger partial charge is 0.609 e. The molecule has 14 heavy (non-hydrogen) atoms. The van der Waals surface area contributed by atoms with Gasteiger partial charge in [0.05, 0.1) is 12.7 Å². The molecule has 0 saturated carbocycles. The maximum Gasteiger partial charge on any atom is 0.344 e. The standard InChI is InChI=1S/C8H8ClN3OS/c1-3-4-10-7-6(9)5-11-8(12-7)14(2)13/h1,5H,4H2,2H3,(H,10,11,12). The summed E-state index contributed by atoms with van der Waals surface area (Å²) in [4.78, 5) is 7.77. The number of halogens is 1. The average Bonchev–Trinajstić information content (AvgIpc) is 2.16. The molecule has 0 fully saturated rings. The maximum absolute atomic E-state index is 11.1. The molecular formula is C8H8ClN3OS. The number of hydrogen-bond acceptors (Lipinski definition) is 4. The van der Waals surface area contributed by atoms with Gasteiger partial charge in [0.15, 0.2) is 5.82 Å². The number of nitrogens with one attached hydrogen (secondary N) is 1. The third-order valence-corrected chi connectivity index (χ3v) is 2.32. The van der Waals surface area contributed by atoms with Gasteiger partial charge in [0.25, 0.3) is 0 Å². The van der Waals surface area contributed by atoms with Gasteiger partial charge in [0.2, 0.25) is 0 Å². The Balaban J connectivity index is 2.91. The van der Waals surface area contributed by atoms with Gasteiger partial charge in [-0.15, -0.1) is 6.42 Å². The lowest BCUT2D eigenvalue weighted by Gasteiger charge is -2.06. The molecule has 1 aromatic heterocycles. The summed E-state index contributed by atoms with van der Waals surface area (Å²) < 4.78 is 11.1. The van der Waals surface area contributed by atoms with E-state index < -0.39 is 11.2 Å². The summed E-state index contributed by atoms with van der Waals surface area (Å²) in [5, 5.41) is 3.39. The van der Waals surface area contributed by atoms with E-state index in [1.807, 2.05) is 0 Å². The zero-order valence-corrected chi connectivity index (χ0v) is 9.02. The molecule has 1 aromatic rings. The van der Waals surface area contributed by atoms with Crippen molar-refractivity contribution in [2.75, 3.05) is 18.1 Å². The van der Waals surface area contributed by atoms with Gasteiger partial charge < -0.3 is 9.87 Å². The van der Waals surface area contributed by atoms with Gasteiger partial charge >= 0.3 is 5.16 Å². The summed E-state index contributed by atoms with van der Waals surface area (Å²) >= 11 is 4.56. The molecule has 0 amide bonds. The van der Waals surface area contributed by atoms with Crippen LogP contribution >= 0.6 is 11.6 Å². The van der Waals surface area contributed by atoms with Crippen LogP contribution in [0.5, 0.6) is 0 Å². The Morgan fingerprint density at radius 3 is 3.07 bits per heavy atom. The zero-order valence-electron chi connectivity index (χ0n) is 7.45. The van der Waals surface area contributed by atoms with Crippen molar-refractivity contribution >= 4 is 28.6 Å². The Morgan fingerprint density at radius 2 is 2.50 bits per heavy atom. The van der Waals surface area contributed by atoms with Gasteiger partial charge in [-0.2, -0.15) is 9.97 Å². The van der Waals surface area contributed by atoms with Gasteiger partial charge in [-0.05, 0) is 0 Å². The van der Waals surface area contributed by atoms with E-state index in [2.05, 4.69) is 21.2 Å². The van der Waals surface area contributed by atoms with Crippen molar-refractivity contribution in [2.45, 2.75) is 5.16 Å². The lowest BCUT2D eigenvalue weighted by atomic mass is 10.5. The number of aromatic nitrogens is 2. The van der Waals surface area contributed by atoms with Crippen LogP contribution in [0.1, 0.15) is 0 Å². The summed E-state index contributed by atoms with van der Waals surface area (Å²) in [5.74, 6) is 2.79. The first-order chi connectivity index (χ1) is 6.65. The minimum atomic E-state index is -1.23. The van der Waals surface area contributed by atoms with Crippen LogP contribution in [0.25, 0.3) is 0 Å². The van der Waals surface area contributed by atoms with Gasteiger partial charge in [0.1, 0.15) is 11.3 Å². The molecule has 1 N–H and O–H groups in total. The van der Waals surface area contributed by atoms with Gasteiger partial charge in [0, 0.05) is 11.2 Å². The van der Waals surface area contributed by atoms with E-state index in [0.29, 0.717) is 17.4 Å². The highest BCUT2D eigenvalue weighted by molar-refractivity contribution is 7.90. The van der Waals surface area contributed by atoms with E-state index in [0.717, 1.165) is 0 Å². The third kappa shape index (κ3) is 2.77. The second-order valence-corrected chi connectivity index (χ2v) is 4.04. The quantitative estimate of drug-likeness (QED) is 0.476. The molecule has 0 aliphatic rings. The Kier molecular flexibility index (Phi) is 4.01. The predicted octanol–water partition coefficient (Wildman–Crippen LogP) is 0.912. The summed E-state index contributed by atoms with van der Waals surface area (Å²) in [6.07, 6.45) is 7.95. The van der Waals surface area contributed by atoms with Crippen LogP contribution in [0.15, 0.2) is 11.4 Å². The molecule has 0 radical (unpaired) electrons. The van der Waals surface area contributed by atoms with Crippen molar-refractivity contribution in [1.29, 1.82) is 0 Å². The smallest absolute Gasteiger partial charge is 0.344 e. The molecule has 0 spiro atoms. The summed E-state index contributed by atoms with van der Waals surface area (Å²) in [7, 11) is 0. The minimum Gasteiger partial charge on any atom is -0.609 e. The van der Waals surface area contributed by atoms with Crippen molar-refractivity contribution in [3.8, 4) is 12.3 Å². The van der Waals surface area contributed by atoms with Crippen LogP contribution < -0.4 is 5.32 Å². The second kappa shape index (κ2) is 5.05. The van der Waals surface area contributed by atoms with Crippen LogP contribution in [0.3, 0.4) is 0 Å². The van der Waals surface area contributed by atoms with Crippen LogP contribution in [-0.2, 0) is 11.2 Å². The monoisotopic (exact) mass is 229 g/mol. The van der Waals surface area contributed by atoms with Crippen molar-refractivity contribution in [1.82, 2.24) is 9.97 Å². The molecule has 0 aliphatic carbocycles. The van der Waals surface area contributed by atoms with E-state index in [1.165, 1.54) is 12.5 Å². The number of hydrogen-bond donors (Lipinski definition) is 1. The van der Waals surface area contributed by atoms with Crippen LogP contribution in [0, 0.1) is 12.3 Å². The molecule has 0 aliphatic heterocycles. The van der Waals surface area contributed by atoms with Gasteiger partial charge in [-0.3, -0.25) is 0 Å². The second-order valence-electron chi connectivity index (χ2n) is 2.36. The van der Waals surface area contributed by atoms with E-state index >= 15 is 0 Å². The van der Waals surface area contributed by atoms with E-state index in [4.69, 9.17) is 18.0 Å². The number of anilines is 1. The molecule has 74 valence electrons. The van der Waals surface area contributed by atoms with Crippen LogP contribution in [0.4, 0.5) is 5.82 Å². The highest BCUT2D eigenvalue weighted by Crippen LogP contribution is 2.18. The molecule has 1 heterocycles. The first kappa shape index (κ1) is 11.1. The Morgan fingerprint density at radius 1 is 1.79 bits per heavy atom. The predicted molar refractivity (Wildman–Crippen MR) is 56.7 cm³/mol. The molecule has 1 atom stereocenters. The van der Waals surface area contributed by atoms with Crippen molar-refractivity contribution in [3.63, 3.8) is 0 Å². The van der Waals surface area contributed by atoms with Crippen molar-refractivity contribution in [3.05, 3.63) is 11.2 Å². The highest BCUT2D eigenvalue weighted by atomic mass is 35.5. The molecule has 1 unspecified atom stereocenters. The van der Waals surface area contributed by atoms with E-state index in [9.17, 15) is 4.55 Å². The first-order valence-corrected chi connectivity index (χ1v) is 5.62. The Bertz CT molecular complexity index is 364. The number of nitrogens with zero attached hydrogens (tertiary/aromatic N) is 2. The molecular weight excluding hydrogens is 222 g/mol. The van der Waals surface area contributed by atoms with Crippen molar-refractivity contribution in [2.24, 2.45) is 0 Å². The minimum absolute atomic E-state index is 0.230. The summed E-state index contributed by atoms with van der Waals surface area (Å²) in [6, 6.07) is 0. The highest BCUT2D eigenvalue weighted by Gasteiger charge is 2.11. The molecule has 0 saturated heterocycles. The number of terminal acetylenes is 1. The van der Waals surface area contributed by atoms with E-state index in [1.54, 1.807) is 0 Å². The molecule has 1 rings (SSSR count). The Labute approximate surface area is 90.3 Å². The van der Waals surface area contributed by atoms with Crippen LogP contribution in [-0.4, -0.2) is 27.3 Å². The molecule has 6 heteroatoms. The molecule has 0 bridgehead atoms. The lowest BCUT2D eigenvalue weighted by Crippen LogP contribution is -2.08. The topological polar surface area (TPSA) is 60.9 Å². The summed E-state index contributed by atoms with van der Waals surface area (Å²) in [6.45, 7) is 0.312. The fourth-order valence-electron chi connectivity index (χ4n) is 0.748. The van der Waals surface area contributed by atoms with Gasteiger partial charge in [-0.1, -0.05) is 17.5 Å². The maximum atomic E-state index is 11.1. The zero-order chi connectivity index (χ0) is 10.6. The number of rotatable bonds is 3. The third-order valence-electron chi connectivity index (χ3n) is 1.34. The fraction of sp³-hybridized carbons (Fsp3) is 0.250. The first-order valence-electron chi connectivity index (χ1n) is 3.68. The SMILES string of the molecule is C#CCNc1nc([S+](C)[O-])ncc1Cl. The fourth-order valence-corrected chi connectivity index (χ4v) is 1.33. The molecule has 4 nitrogen and oxygen atoms in total. The molecule has 0 aromatic carbocycles. The van der Waals surface area contributed by atoms with Gasteiger partial charge in [-0.25, -0.2) is 0 Å². The normalized spacial score (nSPS) is 11.9. The average molecular weight is 230 g/mol. The van der Waals surface area contributed by atoms with E-state index in [-0.39, 0.29) is 5.16 Å². The Hall–Kier alpha value is -0.960. The summed E-state index contributed by atoms with van der Waals surface area (Å²) in [5.41, 5.74) is 0. The van der Waals surface area contributed by atoms with Crippen LogP contribution in [0.2, 0.25) is 5.02 Å². The van der Waals surface area contributed by atoms with Crippen molar-refractivity contribution < 1.29 is 4.55 Å².